The van der Waals surface area contributed by atoms with Gasteiger partial charge >= 0.3 is 0 Å². The van der Waals surface area contributed by atoms with Crippen LogP contribution in [0.1, 0.15) is 35.6 Å². The lowest BCUT2D eigenvalue weighted by atomic mass is 9.88. The van der Waals surface area contributed by atoms with Crippen molar-refractivity contribution in [1.29, 1.82) is 0 Å². The van der Waals surface area contributed by atoms with Crippen LogP contribution in [0.5, 0.6) is 0 Å². The van der Waals surface area contributed by atoms with Crippen molar-refractivity contribution < 1.29 is 12.8 Å². The Hall–Kier alpha value is -1.63. The molecule has 0 heterocycles. The van der Waals surface area contributed by atoms with E-state index in [9.17, 15) is 12.8 Å². The van der Waals surface area contributed by atoms with E-state index in [1.807, 2.05) is 12.1 Å². The van der Waals surface area contributed by atoms with Gasteiger partial charge in [-0.2, -0.15) is 0 Å². The summed E-state index contributed by atoms with van der Waals surface area (Å²) in [6, 6.07) is 9.23. The second-order valence-corrected chi connectivity index (χ2v) is 8.19. The van der Waals surface area contributed by atoms with Gasteiger partial charge in [-0.3, -0.25) is 0 Å². The molecule has 0 aliphatic heterocycles. The van der Waals surface area contributed by atoms with Gasteiger partial charge in [0.05, 0.1) is 10.8 Å². The fourth-order valence-corrected chi connectivity index (χ4v) is 4.65. The van der Waals surface area contributed by atoms with Crippen molar-refractivity contribution >= 4 is 27.3 Å². The molecule has 3 rings (SSSR count). The van der Waals surface area contributed by atoms with Gasteiger partial charge in [0.2, 0.25) is 10.0 Å². The maximum Gasteiger partial charge on any atom is 0.216 e. The summed E-state index contributed by atoms with van der Waals surface area (Å²) in [6.45, 7) is 0. The number of nitrogen functional groups attached to an aromatic ring is 1. The van der Waals surface area contributed by atoms with Crippen LogP contribution in [0.25, 0.3) is 0 Å². The monoisotopic (exact) mass is 368 g/mol. The first-order chi connectivity index (χ1) is 11.3. The Balaban J connectivity index is 1.79. The van der Waals surface area contributed by atoms with Gasteiger partial charge < -0.3 is 5.73 Å². The molecule has 1 aliphatic rings. The van der Waals surface area contributed by atoms with Gasteiger partial charge in [0.1, 0.15) is 5.82 Å². The lowest BCUT2D eigenvalue weighted by molar-refractivity contribution is 0.507. The minimum absolute atomic E-state index is 0.0822. The zero-order valence-corrected chi connectivity index (χ0v) is 14.5. The third-order valence-electron chi connectivity index (χ3n) is 4.14. The van der Waals surface area contributed by atoms with E-state index in [2.05, 4.69) is 4.72 Å². The van der Waals surface area contributed by atoms with Crippen molar-refractivity contribution in [1.82, 2.24) is 4.72 Å². The summed E-state index contributed by atoms with van der Waals surface area (Å²) in [6.07, 6.45) is 2.53. The fraction of sp³-hybridized carbons (Fsp3) is 0.294. The summed E-state index contributed by atoms with van der Waals surface area (Å²) in [4.78, 5) is 0. The minimum Gasteiger partial charge on any atom is -0.399 e. The number of rotatable bonds is 4. The number of hydrogen-bond acceptors (Lipinski definition) is 3. The number of benzene rings is 2. The van der Waals surface area contributed by atoms with Gasteiger partial charge in [0.25, 0.3) is 0 Å². The molecule has 0 fully saturated rings. The van der Waals surface area contributed by atoms with Crippen molar-refractivity contribution in [3.8, 4) is 0 Å². The summed E-state index contributed by atoms with van der Waals surface area (Å²) < 4.78 is 40.9. The Morgan fingerprint density at radius 3 is 2.79 bits per heavy atom. The summed E-state index contributed by atoms with van der Waals surface area (Å²) in [5.74, 6) is -0.807. The van der Waals surface area contributed by atoms with Crippen LogP contribution >= 0.6 is 11.6 Å². The zero-order valence-electron chi connectivity index (χ0n) is 12.9. The lowest BCUT2D eigenvalue weighted by Crippen LogP contribution is -2.32. The molecule has 1 atom stereocenters. The van der Waals surface area contributed by atoms with Gasteiger partial charge in [0, 0.05) is 11.7 Å². The molecule has 1 aliphatic carbocycles. The van der Waals surface area contributed by atoms with Crippen LogP contribution in [0.15, 0.2) is 36.4 Å². The van der Waals surface area contributed by atoms with E-state index in [0.29, 0.717) is 11.3 Å². The normalized spacial score (nSPS) is 17.5. The number of nitrogens with one attached hydrogen (secondary N) is 1. The highest BCUT2D eigenvalue weighted by Crippen LogP contribution is 2.31. The number of sulfonamides is 1. The van der Waals surface area contributed by atoms with E-state index in [1.54, 1.807) is 6.07 Å². The average Bonchev–Trinajstić information content (AvgIpc) is 2.50. The smallest absolute Gasteiger partial charge is 0.216 e. The number of hydrogen-bond donors (Lipinski definition) is 2. The molecule has 2 aromatic rings. The molecular weight excluding hydrogens is 351 g/mol. The number of aryl methyl sites for hydroxylation is 1. The van der Waals surface area contributed by atoms with E-state index in [-0.39, 0.29) is 16.8 Å². The molecular formula is C17H18ClFN2O2S. The predicted molar refractivity (Wildman–Crippen MR) is 93.7 cm³/mol. The quantitative estimate of drug-likeness (QED) is 0.810. The third-order valence-corrected chi connectivity index (χ3v) is 5.79. The fourth-order valence-electron chi connectivity index (χ4n) is 3.06. The molecule has 1 unspecified atom stereocenters. The SMILES string of the molecule is Nc1ccc2c(c1)CCCC2NS(=O)(=O)Cc1ccc(F)c(Cl)c1. The molecule has 0 saturated carbocycles. The van der Waals surface area contributed by atoms with Crippen molar-refractivity contribution in [2.24, 2.45) is 0 Å². The Labute approximate surface area is 145 Å². The zero-order chi connectivity index (χ0) is 17.3. The van der Waals surface area contributed by atoms with Gasteiger partial charge in [-0.05, 0) is 60.2 Å². The Morgan fingerprint density at radius 1 is 1.25 bits per heavy atom. The van der Waals surface area contributed by atoms with Crippen LogP contribution in [-0.4, -0.2) is 8.42 Å². The summed E-state index contributed by atoms with van der Waals surface area (Å²) in [5.41, 5.74) is 8.98. The number of nitrogens with two attached hydrogens (primary N) is 1. The van der Waals surface area contributed by atoms with Gasteiger partial charge in [0.15, 0.2) is 0 Å². The number of halogens is 2. The van der Waals surface area contributed by atoms with Crippen molar-refractivity contribution in [3.63, 3.8) is 0 Å². The molecule has 0 radical (unpaired) electrons. The van der Waals surface area contributed by atoms with E-state index < -0.39 is 15.8 Å². The van der Waals surface area contributed by atoms with E-state index in [0.717, 1.165) is 30.4 Å². The Bertz CT molecular complexity index is 871. The largest absolute Gasteiger partial charge is 0.399 e. The summed E-state index contributed by atoms with van der Waals surface area (Å²) >= 11 is 5.71. The topological polar surface area (TPSA) is 72.2 Å². The lowest BCUT2D eigenvalue weighted by Gasteiger charge is -2.26. The third kappa shape index (κ3) is 3.88. The van der Waals surface area contributed by atoms with E-state index in [1.165, 1.54) is 18.2 Å². The van der Waals surface area contributed by atoms with Crippen molar-refractivity contribution in [2.75, 3.05) is 5.73 Å². The molecule has 24 heavy (non-hydrogen) atoms. The Kier molecular flexibility index (Phi) is 4.80. The first-order valence-electron chi connectivity index (χ1n) is 7.66. The molecule has 0 bridgehead atoms. The molecule has 0 amide bonds. The van der Waals surface area contributed by atoms with Crippen LogP contribution in [0, 0.1) is 5.82 Å². The first-order valence-corrected chi connectivity index (χ1v) is 9.69. The molecule has 0 aromatic heterocycles. The number of anilines is 1. The standard InChI is InChI=1S/C17H18ClFN2O2S/c18-15-8-11(4-7-16(15)19)10-24(22,23)21-17-3-1-2-12-9-13(20)5-6-14(12)17/h4-9,17,21H,1-3,10,20H2. The van der Waals surface area contributed by atoms with Crippen LogP contribution in [0.4, 0.5) is 10.1 Å². The second-order valence-electron chi connectivity index (χ2n) is 6.03. The highest BCUT2D eigenvalue weighted by atomic mass is 35.5. The molecule has 128 valence electrons. The van der Waals surface area contributed by atoms with Crippen LogP contribution in [0.3, 0.4) is 0 Å². The predicted octanol–water partition coefficient (Wildman–Crippen LogP) is 3.56. The number of fused-ring (bicyclic) bond motifs is 1. The second kappa shape index (κ2) is 6.70. The maximum atomic E-state index is 13.2. The minimum atomic E-state index is -3.58. The molecule has 0 spiro atoms. The van der Waals surface area contributed by atoms with Crippen LogP contribution < -0.4 is 10.5 Å². The molecule has 0 saturated heterocycles. The van der Waals surface area contributed by atoms with Gasteiger partial charge in [-0.25, -0.2) is 17.5 Å². The van der Waals surface area contributed by atoms with Crippen LogP contribution in [-0.2, 0) is 22.2 Å². The molecule has 4 nitrogen and oxygen atoms in total. The Morgan fingerprint density at radius 2 is 2.04 bits per heavy atom. The van der Waals surface area contributed by atoms with E-state index in [4.69, 9.17) is 17.3 Å². The van der Waals surface area contributed by atoms with Crippen molar-refractivity contribution in [2.45, 2.75) is 31.1 Å². The summed E-state index contributed by atoms with van der Waals surface area (Å²) in [7, 11) is -3.58. The van der Waals surface area contributed by atoms with Crippen molar-refractivity contribution in [3.05, 3.63) is 63.9 Å². The maximum absolute atomic E-state index is 13.2. The first kappa shape index (κ1) is 17.2. The molecule has 7 heteroatoms. The highest BCUT2D eigenvalue weighted by Gasteiger charge is 2.25. The van der Waals surface area contributed by atoms with E-state index >= 15 is 0 Å². The van der Waals surface area contributed by atoms with Gasteiger partial charge in [-0.1, -0.05) is 23.7 Å². The van der Waals surface area contributed by atoms with Crippen LogP contribution in [0.2, 0.25) is 5.02 Å². The molecule has 3 N–H and O–H groups in total. The van der Waals surface area contributed by atoms with Gasteiger partial charge in [-0.15, -0.1) is 0 Å². The summed E-state index contributed by atoms with van der Waals surface area (Å²) in [5, 5.41) is -0.0822. The molecule has 2 aromatic carbocycles. The highest BCUT2D eigenvalue weighted by molar-refractivity contribution is 7.88. The average molecular weight is 369 g/mol.